The molecule has 35 heavy (non-hydrogen) atoms. The van der Waals surface area contributed by atoms with Gasteiger partial charge < -0.3 is 5.32 Å². The number of hydrogen-bond acceptors (Lipinski definition) is 5. The molecular weight excluding hydrogens is 486 g/mol. The van der Waals surface area contributed by atoms with Gasteiger partial charge in [-0.05, 0) is 73.5 Å². The summed E-state index contributed by atoms with van der Waals surface area (Å²) in [5, 5.41) is 2.72. The summed E-state index contributed by atoms with van der Waals surface area (Å²) in [5.74, 6) is -0.433. The predicted molar refractivity (Wildman–Crippen MR) is 135 cm³/mol. The Balaban J connectivity index is 1.44. The molecule has 4 rings (SSSR count). The molecule has 0 bridgehead atoms. The molecule has 1 aliphatic heterocycles. The molecule has 0 unspecified atom stereocenters. The van der Waals surface area contributed by atoms with E-state index in [1.807, 2.05) is 0 Å². The van der Waals surface area contributed by atoms with Crippen LogP contribution >= 0.6 is 0 Å². The minimum absolute atomic E-state index is 0.0627. The van der Waals surface area contributed by atoms with Gasteiger partial charge in [-0.15, -0.1) is 0 Å². The zero-order valence-electron chi connectivity index (χ0n) is 19.3. The molecule has 8 nitrogen and oxygen atoms in total. The first-order valence-corrected chi connectivity index (χ1v) is 14.1. The Morgan fingerprint density at radius 1 is 0.771 bits per heavy atom. The number of carbonyl (C=O) groups is 1. The normalized spacial score (nSPS) is 14.9. The lowest BCUT2D eigenvalue weighted by Gasteiger charge is -2.25. The van der Waals surface area contributed by atoms with Crippen molar-refractivity contribution in [3.63, 3.8) is 0 Å². The number of benzene rings is 3. The molecule has 3 aromatic carbocycles. The van der Waals surface area contributed by atoms with Crippen LogP contribution in [0.2, 0.25) is 0 Å². The van der Waals surface area contributed by atoms with Gasteiger partial charge in [-0.2, -0.15) is 4.31 Å². The van der Waals surface area contributed by atoms with Crippen molar-refractivity contribution in [1.29, 1.82) is 0 Å². The summed E-state index contributed by atoms with van der Waals surface area (Å²) in [7, 11) is -5.85. The smallest absolute Gasteiger partial charge is 0.264 e. The predicted octanol–water partition coefficient (Wildman–Crippen LogP) is 3.94. The fraction of sp³-hybridized carbons (Fsp3) is 0.240. The summed E-state index contributed by atoms with van der Waals surface area (Å²) < 4.78 is 54.0. The molecule has 0 spiro atoms. The minimum atomic E-state index is -3.78. The third-order valence-electron chi connectivity index (χ3n) is 5.96. The van der Waals surface area contributed by atoms with Crippen molar-refractivity contribution < 1.29 is 21.6 Å². The van der Waals surface area contributed by atoms with E-state index in [1.54, 1.807) is 42.5 Å². The van der Waals surface area contributed by atoms with Crippen LogP contribution in [-0.4, -0.2) is 47.2 Å². The molecule has 1 saturated heterocycles. The van der Waals surface area contributed by atoms with E-state index in [9.17, 15) is 21.6 Å². The molecule has 0 aromatic heterocycles. The molecule has 0 radical (unpaired) electrons. The summed E-state index contributed by atoms with van der Waals surface area (Å²) >= 11 is 0. The summed E-state index contributed by atoms with van der Waals surface area (Å²) in [4.78, 5) is 12.9. The molecule has 1 fully saturated rings. The van der Waals surface area contributed by atoms with Gasteiger partial charge in [0, 0.05) is 31.4 Å². The van der Waals surface area contributed by atoms with E-state index in [0.717, 1.165) is 19.3 Å². The summed E-state index contributed by atoms with van der Waals surface area (Å²) in [5.41, 5.74) is 1.24. The number of nitrogens with one attached hydrogen (secondary N) is 1. The van der Waals surface area contributed by atoms with Gasteiger partial charge in [-0.3, -0.25) is 9.10 Å². The molecule has 1 N–H and O–H groups in total. The molecule has 3 aromatic rings. The van der Waals surface area contributed by atoms with Crippen LogP contribution in [-0.2, 0) is 20.0 Å². The highest BCUT2D eigenvalue weighted by Crippen LogP contribution is 2.24. The van der Waals surface area contributed by atoms with Gasteiger partial charge in [0.25, 0.3) is 15.9 Å². The quantitative estimate of drug-likeness (QED) is 0.515. The maximum absolute atomic E-state index is 12.9. The number of para-hydroxylation sites is 1. The lowest BCUT2D eigenvalue weighted by Crippen LogP contribution is -2.35. The monoisotopic (exact) mass is 513 g/mol. The highest BCUT2D eigenvalue weighted by atomic mass is 32.2. The number of sulfonamides is 2. The first kappa shape index (κ1) is 24.9. The van der Waals surface area contributed by atoms with Crippen LogP contribution in [0.5, 0.6) is 0 Å². The molecule has 184 valence electrons. The van der Waals surface area contributed by atoms with E-state index in [2.05, 4.69) is 5.32 Å². The zero-order chi connectivity index (χ0) is 25.1. The second-order valence-corrected chi connectivity index (χ2v) is 12.2. The van der Waals surface area contributed by atoms with Crippen LogP contribution < -0.4 is 9.62 Å². The first-order chi connectivity index (χ1) is 16.7. The molecule has 0 atom stereocenters. The van der Waals surface area contributed by atoms with E-state index in [-0.39, 0.29) is 15.4 Å². The molecule has 1 amide bonds. The van der Waals surface area contributed by atoms with Crippen LogP contribution in [0.4, 0.5) is 11.4 Å². The average molecular weight is 514 g/mol. The summed E-state index contributed by atoms with van der Waals surface area (Å²) in [6.07, 6.45) is 2.75. The number of anilines is 2. The number of amides is 1. The van der Waals surface area contributed by atoms with Crippen molar-refractivity contribution in [2.75, 3.05) is 29.8 Å². The maximum atomic E-state index is 12.9. The summed E-state index contributed by atoms with van der Waals surface area (Å²) in [6.45, 7) is 1.04. The Labute approximate surface area is 206 Å². The third kappa shape index (κ3) is 5.39. The average Bonchev–Trinajstić information content (AvgIpc) is 2.89. The zero-order valence-corrected chi connectivity index (χ0v) is 20.9. The summed E-state index contributed by atoms with van der Waals surface area (Å²) in [6, 6.07) is 20.4. The molecular formula is C25H27N3O5S2. The van der Waals surface area contributed by atoms with Crippen LogP contribution in [0.25, 0.3) is 0 Å². The van der Waals surface area contributed by atoms with Crippen LogP contribution in [0.1, 0.15) is 29.6 Å². The SMILES string of the molecule is CN(c1ccccc1)S(=O)(=O)c1ccc(C(=O)Nc2ccc(S(=O)(=O)N3CCCCC3)cc2)cc1. The molecule has 0 aliphatic carbocycles. The van der Waals surface area contributed by atoms with Crippen molar-refractivity contribution in [3.05, 3.63) is 84.4 Å². The second kappa shape index (κ2) is 10.2. The van der Waals surface area contributed by atoms with E-state index >= 15 is 0 Å². The highest BCUT2D eigenvalue weighted by Gasteiger charge is 2.26. The third-order valence-corrected chi connectivity index (χ3v) is 9.67. The number of nitrogens with zero attached hydrogens (tertiary/aromatic N) is 2. The topological polar surface area (TPSA) is 104 Å². The van der Waals surface area contributed by atoms with Gasteiger partial charge >= 0.3 is 0 Å². The fourth-order valence-corrected chi connectivity index (χ4v) is 6.59. The Hall–Kier alpha value is -3.21. The Kier molecular flexibility index (Phi) is 7.25. The first-order valence-electron chi connectivity index (χ1n) is 11.3. The van der Waals surface area contributed by atoms with Gasteiger partial charge in [-0.1, -0.05) is 24.6 Å². The van der Waals surface area contributed by atoms with Crippen molar-refractivity contribution in [2.24, 2.45) is 0 Å². The Morgan fingerprint density at radius 2 is 1.34 bits per heavy atom. The highest BCUT2D eigenvalue weighted by molar-refractivity contribution is 7.92. The van der Waals surface area contributed by atoms with Crippen LogP contribution in [0.3, 0.4) is 0 Å². The van der Waals surface area contributed by atoms with Gasteiger partial charge in [0.05, 0.1) is 15.5 Å². The molecule has 1 aliphatic rings. The van der Waals surface area contributed by atoms with Crippen molar-refractivity contribution in [2.45, 2.75) is 29.1 Å². The van der Waals surface area contributed by atoms with E-state index < -0.39 is 26.0 Å². The van der Waals surface area contributed by atoms with Crippen LogP contribution in [0.15, 0.2) is 88.7 Å². The largest absolute Gasteiger partial charge is 0.322 e. The van der Waals surface area contributed by atoms with Gasteiger partial charge in [-0.25, -0.2) is 16.8 Å². The second-order valence-electron chi connectivity index (χ2n) is 8.28. The van der Waals surface area contributed by atoms with E-state index in [4.69, 9.17) is 0 Å². The number of rotatable bonds is 7. The number of carbonyl (C=O) groups excluding carboxylic acids is 1. The van der Waals surface area contributed by atoms with Crippen molar-refractivity contribution >= 4 is 37.3 Å². The lowest BCUT2D eigenvalue weighted by atomic mass is 10.2. The minimum Gasteiger partial charge on any atom is -0.322 e. The van der Waals surface area contributed by atoms with Crippen molar-refractivity contribution in [1.82, 2.24) is 4.31 Å². The number of hydrogen-bond donors (Lipinski definition) is 1. The molecule has 10 heteroatoms. The van der Waals surface area contributed by atoms with Crippen molar-refractivity contribution in [3.8, 4) is 0 Å². The molecule has 1 heterocycles. The Morgan fingerprint density at radius 3 is 1.94 bits per heavy atom. The number of piperidine rings is 1. The lowest BCUT2D eigenvalue weighted by molar-refractivity contribution is 0.102. The van der Waals surface area contributed by atoms with Gasteiger partial charge in [0.2, 0.25) is 10.0 Å². The van der Waals surface area contributed by atoms with E-state index in [0.29, 0.717) is 24.5 Å². The van der Waals surface area contributed by atoms with E-state index in [1.165, 1.54) is 52.1 Å². The maximum Gasteiger partial charge on any atom is 0.264 e. The Bertz CT molecular complexity index is 1380. The van der Waals surface area contributed by atoms with Gasteiger partial charge in [0.1, 0.15) is 0 Å². The van der Waals surface area contributed by atoms with Crippen LogP contribution in [0, 0.1) is 0 Å². The van der Waals surface area contributed by atoms with Gasteiger partial charge in [0.15, 0.2) is 0 Å². The standard InChI is InChI=1S/C25H27N3O5S2/c1-27(22-8-4-2-5-9-22)34(30,31)23-14-10-20(11-15-23)25(29)26-21-12-16-24(17-13-21)35(32,33)28-18-6-3-7-19-28/h2,4-5,8-17H,3,6-7,18-19H2,1H3,(H,26,29). The molecule has 0 saturated carbocycles. The fourth-order valence-electron chi connectivity index (χ4n) is 3.88.